The van der Waals surface area contributed by atoms with Crippen molar-refractivity contribution in [2.24, 2.45) is 11.7 Å². The van der Waals surface area contributed by atoms with E-state index in [2.05, 4.69) is 10.6 Å². The van der Waals surface area contributed by atoms with Crippen molar-refractivity contribution < 1.29 is 24.6 Å². The molecular formula is C11H21N3O5. The second-order valence-electron chi connectivity index (χ2n) is 4.27. The first-order chi connectivity index (χ1) is 8.83. The van der Waals surface area contributed by atoms with E-state index >= 15 is 0 Å². The van der Waals surface area contributed by atoms with Gasteiger partial charge in [-0.25, -0.2) is 4.79 Å². The van der Waals surface area contributed by atoms with E-state index in [4.69, 9.17) is 15.9 Å². The second-order valence-corrected chi connectivity index (χ2v) is 4.27. The molecule has 0 saturated heterocycles. The minimum atomic E-state index is -1.38. The van der Waals surface area contributed by atoms with Crippen LogP contribution >= 0.6 is 0 Å². The van der Waals surface area contributed by atoms with Gasteiger partial charge in [-0.15, -0.1) is 0 Å². The summed E-state index contributed by atoms with van der Waals surface area (Å²) in [6.07, 6.45) is 0.729. The van der Waals surface area contributed by atoms with Gasteiger partial charge in [-0.1, -0.05) is 20.3 Å². The molecule has 0 radical (unpaired) electrons. The third-order valence-electron chi connectivity index (χ3n) is 2.80. The van der Waals surface area contributed by atoms with Gasteiger partial charge in [0, 0.05) is 0 Å². The predicted molar refractivity (Wildman–Crippen MR) is 67.1 cm³/mol. The highest BCUT2D eigenvalue weighted by atomic mass is 16.4. The van der Waals surface area contributed by atoms with Gasteiger partial charge in [0.25, 0.3) is 0 Å². The number of hydrogen-bond acceptors (Lipinski definition) is 5. The van der Waals surface area contributed by atoms with Crippen LogP contribution in [-0.2, 0) is 14.4 Å². The van der Waals surface area contributed by atoms with Crippen LogP contribution in [0, 0.1) is 5.92 Å². The van der Waals surface area contributed by atoms with Crippen molar-refractivity contribution in [2.45, 2.75) is 32.4 Å². The Kier molecular flexibility index (Phi) is 7.69. The molecule has 0 aromatic heterocycles. The summed E-state index contributed by atoms with van der Waals surface area (Å²) in [5, 5.41) is 21.7. The molecule has 0 aliphatic carbocycles. The summed E-state index contributed by atoms with van der Waals surface area (Å²) in [5.74, 6) is -2.54. The van der Waals surface area contributed by atoms with Crippen molar-refractivity contribution in [1.29, 1.82) is 0 Å². The van der Waals surface area contributed by atoms with Crippen LogP contribution in [0.3, 0.4) is 0 Å². The second kappa shape index (κ2) is 8.44. The maximum absolute atomic E-state index is 11.6. The van der Waals surface area contributed by atoms with Gasteiger partial charge in [-0.05, 0) is 5.92 Å². The van der Waals surface area contributed by atoms with Gasteiger partial charge in [-0.3, -0.25) is 9.59 Å². The number of aliphatic hydroxyl groups excluding tert-OH is 1. The quantitative estimate of drug-likeness (QED) is 0.348. The molecular weight excluding hydrogens is 254 g/mol. The lowest BCUT2D eigenvalue weighted by Crippen LogP contribution is -2.50. The standard InChI is InChI=1S/C11H21N3O5/c1-3-6(2)9(12)10(17)13-4-8(16)14-7(5-15)11(18)19/h6-7,9,15H,3-5,12H2,1-2H3,(H,13,17)(H,14,16)(H,18,19). The zero-order chi connectivity index (χ0) is 15.0. The van der Waals surface area contributed by atoms with Crippen molar-refractivity contribution in [3.8, 4) is 0 Å². The van der Waals surface area contributed by atoms with Crippen LogP contribution in [-0.4, -0.2) is 53.2 Å². The molecule has 0 aliphatic heterocycles. The van der Waals surface area contributed by atoms with Gasteiger partial charge in [-0.2, -0.15) is 0 Å². The zero-order valence-corrected chi connectivity index (χ0v) is 11.0. The van der Waals surface area contributed by atoms with Gasteiger partial charge in [0.2, 0.25) is 11.8 Å². The molecule has 0 spiro atoms. The largest absolute Gasteiger partial charge is 0.480 e. The Morgan fingerprint density at radius 1 is 1.32 bits per heavy atom. The Morgan fingerprint density at radius 2 is 1.89 bits per heavy atom. The van der Waals surface area contributed by atoms with Crippen molar-refractivity contribution in [1.82, 2.24) is 10.6 Å². The van der Waals surface area contributed by atoms with Crippen molar-refractivity contribution in [3.05, 3.63) is 0 Å². The van der Waals surface area contributed by atoms with Crippen molar-refractivity contribution in [3.63, 3.8) is 0 Å². The fraction of sp³-hybridized carbons (Fsp3) is 0.727. The smallest absolute Gasteiger partial charge is 0.328 e. The highest BCUT2D eigenvalue weighted by Crippen LogP contribution is 2.04. The lowest BCUT2D eigenvalue weighted by atomic mass is 9.99. The predicted octanol–water partition coefficient (Wildman–Crippen LogP) is -1.96. The number of nitrogens with one attached hydrogen (secondary N) is 2. The monoisotopic (exact) mass is 275 g/mol. The summed E-state index contributed by atoms with van der Waals surface area (Å²) in [4.78, 5) is 33.5. The van der Waals surface area contributed by atoms with Gasteiger partial charge in [0.15, 0.2) is 0 Å². The summed E-state index contributed by atoms with van der Waals surface area (Å²) < 4.78 is 0. The summed E-state index contributed by atoms with van der Waals surface area (Å²) in [6, 6.07) is -2.10. The zero-order valence-electron chi connectivity index (χ0n) is 11.0. The molecule has 8 nitrogen and oxygen atoms in total. The lowest BCUT2D eigenvalue weighted by molar-refractivity contribution is -0.142. The first-order valence-corrected chi connectivity index (χ1v) is 5.99. The van der Waals surface area contributed by atoms with Crippen LogP contribution in [0.15, 0.2) is 0 Å². The molecule has 0 aromatic rings. The van der Waals surface area contributed by atoms with E-state index in [1.807, 2.05) is 13.8 Å². The van der Waals surface area contributed by atoms with Gasteiger partial charge < -0.3 is 26.6 Å². The number of nitrogens with two attached hydrogens (primary N) is 1. The third-order valence-corrected chi connectivity index (χ3v) is 2.80. The number of rotatable bonds is 8. The van der Waals surface area contributed by atoms with E-state index in [0.29, 0.717) is 0 Å². The summed E-state index contributed by atoms with van der Waals surface area (Å²) in [7, 11) is 0. The summed E-state index contributed by atoms with van der Waals surface area (Å²) >= 11 is 0. The molecule has 0 fully saturated rings. The summed E-state index contributed by atoms with van der Waals surface area (Å²) in [6.45, 7) is 2.61. The molecule has 0 heterocycles. The minimum Gasteiger partial charge on any atom is -0.480 e. The maximum atomic E-state index is 11.6. The highest BCUT2D eigenvalue weighted by Gasteiger charge is 2.21. The molecule has 8 heteroatoms. The maximum Gasteiger partial charge on any atom is 0.328 e. The fourth-order valence-corrected chi connectivity index (χ4v) is 1.23. The van der Waals surface area contributed by atoms with E-state index in [9.17, 15) is 14.4 Å². The molecule has 6 N–H and O–H groups in total. The number of hydrogen-bond donors (Lipinski definition) is 5. The molecule has 3 atom stereocenters. The van der Waals surface area contributed by atoms with E-state index in [0.717, 1.165) is 6.42 Å². The highest BCUT2D eigenvalue weighted by molar-refractivity contribution is 5.89. The number of carbonyl (C=O) groups is 3. The summed E-state index contributed by atoms with van der Waals surface area (Å²) in [5.41, 5.74) is 5.66. The van der Waals surface area contributed by atoms with Crippen LogP contribution in [0.25, 0.3) is 0 Å². The fourth-order valence-electron chi connectivity index (χ4n) is 1.23. The van der Waals surface area contributed by atoms with Gasteiger partial charge in [0.05, 0.1) is 19.2 Å². The van der Waals surface area contributed by atoms with E-state index < -0.39 is 36.5 Å². The lowest BCUT2D eigenvalue weighted by Gasteiger charge is -2.18. The molecule has 0 bridgehead atoms. The van der Waals surface area contributed by atoms with Crippen LogP contribution in [0.5, 0.6) is 0 Å². The number of carbonyl (C=O) groups excluding carboxylic acids is 2. The topological polar surface area (TPSA) is 142 Å². The van der Waals surface area contributed by atoms with Gasteiger partial charge >= 0.3 is 5.97 Å². The van der Waals surface area contributed by atoms with Crippen molar-refractivity contribution >= 4 is 17.8 Å². The van der Waals surface area contributed by atoms with Crippen LogP contribution in [0.2, 0.25) is 0 Å². The minimum absolute atomic E-state index is 0.0210. The molecule has 0 rings (SSSR count). The SMILES string of the molecule is CCC(C)C(N)C(=O)NCC(=O)NC(CO)C(=O)O. The number of carboxylic acid groups (broad SMARTS) is 1. The molecule has 0 aliphatic rings. The Hall–Kier alpha value is -1.67. The molecule has 0 aromatic carbocycles. The normalized spacial score (nSPS) is 15.2. The number of aliphatic carboxylic acids is 1. The molecule has 19 heavy (non-hydrogen) atoms. The van der Waals surface area contributed by atoms with Crippen molar-refractivity contribution in [2.75, 3.05) is 13.2 Å². The molecule has 3 unspecified atom stereocenters. The molecule has 0 saturated carbocycles. The van der Waals surface area contributed by atoms with E-state index in [-0.39, 0.29) is 12.5 Å². The Labute approximate surface area is 111 Å². The average molecular weight is 275 g/mol. The molecule has 110 valence electrons. The Balaban J connectivity index is 4.16. The Morgan fingerprint density at radius 3 is 2.32 bits per heavy atom. The van der Waals surface area contributed by atoms with Crippen LogP contribution in [0.1, 0.15) is 20.3 Å². The first-order valence-electron chi connectivity index (χ1n) is 5.99. The van der Waals surface area contributed by atoms with E-state index in [1.165, 1.54) is 0 Å². The van der Waals surface area contributed by atoms with Gasteiger partial charge in [0.1, 0.15) is 6.04 Å². The average Bonchev–Trinajstić information content (AvgIpc) is 2.39. The van der Waals surface area contributed by atoms with Crippen LogP contribution in [0.4, 0.5) is 0 Å². The number of amides is 2. The first kappa shape index (κ1) is 17.3. The Bertz CT molecular complexity index is 334. The number of aliphatic hydroxyl groups is 1. The molecule has 2 amide bonds. The van der Waals surface area contributed by atoms with Crippen LogP contribution < -0.4 is 16.4 Å². The van der Waals surface area contributed by atoms with E-state index in [1.54, 1.807) is 0 Å². The third kappa shape index (κ3) is 6.16. The number of carboxylic acids is 1.